The zero-order valence-electron chi connectivity index (χ0n) is 10.1. The smallest absolute Gasteiger partial charge is 0.200 e. The number of hydrogen-bond donors (Lipinski definition) is 2. The number of hydrogen-bond acceptors (Lipinski definition) is 4. The molecule has 0 fully saturated rings. The Morgan fingerprint density at radius 3 is 2.68 bits per heavy atom. The summed E-state index contributed by atoms with van der Waals surface area (Å²) in [5.74, 6) is -2.71. The Hall–Kier alpha value is -1.89. The van der Waals surface area contributed by atoms with E-state index in [1.165, 1.54) is 0 Å². The molecule has 2 N–H and O–H groups in total. The van der Waals surface area contributed by atoms with Crippen molar-refractivity contribution in [2.45, 2.75) is 18.6 Å². The normalized spacial score (nSPS) is 13.5. The van der Waals surface area contributed by atoms with Crippen LogP contribution in [0.1, 0.15) is 18.1 Å². The zero-order chi connectivity index (χ0) is 14.4. The second kappa shape index (κ2) is 6.89. The molecule has 0 aliphatic heterocycles. The zero-order valence-corrected chi connectivity index (χ0v) is 10.1. The highest BCUT2D eigenvalue weighted by Crippen LogP contribution is 2.27. The largest absolute Gasteiger partial charge is 0.494 e. The molecule has 0 spiro atoms. The molecule has 0 bridgehead atoms. The predicted molar refractivity (Wildman–Crippen MR) is 62.5 cm³/mol. The van der Waals surface area contributed by atoms with Crippen molar-refractivity contribution in [3.05, 3.63) is 39.8 Å². The average Bonchev–Trinajstić information content (AvgIpc) is 2.41. The first-order valence-electron chi connectivity index (χ1n) is 5.41. The van der Waals surface area contributed by atoms with Crippen LogP contribution in [0.3, 0.4) is 0 Å². The van der Waals surface area contributed by atoms with E-state index in [9.17, 15) is 19.0 Å². The lowest BCUT2D eigenvalue weighted by Crippen LogP contribution is -2.19. The van der Waals surface area contributed by atoms with Crippen molar-refractivity contribution in [2.75, 3.05) is 13.7 Å². The predicted octanol–water partition coefficient (Wildman–Crippen LogP) is 2.07. The first kappa shape index (κ1) is 15.2. The minimum atomic E-state index is -1.43. The number of methoxy groups -OCH3 is 1. The van der Waals surface area contributed by atoms with Gasteiger partial charge in [0, 0.05) is 11.5 Å². The number of benzene rings is 1. The fourth-order valence-electron chi connectivity index (χ4n) is 1.52. The maximum absolute atomic E-state index is 13.2. The molecule has 8 heteroatoms. The van der Waals surface area contributed by atoms with Crippen molar-refractivity contribution in [1.82, 2.24) is 0 Å². The van der Waals surface area contributed by atoms with Gasteiger partial charge in [0.05, 0.1) is 13.2 Å². The molecule has 0 aromatic heterocycles. The quantitative estimate of drug-likeness (QED) is 0.471. The number of nitrogens with zero attached hydrogens (tertiary/aromatic N) is 3. The van der Waals surface area contributed by atoms with E-state index < -0.39 is 23.8 Å². The summed E-state index contributed by atoms with van der Waals surface area (Å²) in [6, 6.07) is 1.87. The lowest BCUT2D eigenvalue weighted by Gasteiger charge is -2.18. The summed E-state index contributed by atoms with van der Waals surface area (Å²) in [5.41, 5.74) is 8.05. The van der Waals surface area contributed by atoms with Crippen molar-refractivity contribution in [1.29, 1.82) is 0 Å². The molecule has 0 aliphatic carbocycles. The van der Waals surface area contributed by atoms with E-state index in [1.54, 1.807) is 0 Å². The summed E-state index contributed by atoms with van der Waals surface area (Å²) >= 11 is 0. The van der Waals surface area contributed by atoms with Crippen molar-refractivity contribution in [3.63, 3.8) is 0 Å². The van der Waals surface area contributed by atoms with E-state index in [2.05, 4.69) is 14.8 Å². The number of azide groups is 1. The molecule has 1 rings (SSSR count). The van der Waals surface area contributed by atoms with Gasteiger partial charge in [0.1, 0.15) is 6.10 Å². The number of ether oxygens (including phenoxy) is 1. The van der Waals surface area contributed by atoms with Crippen LogP contribution in [0.25, 0.3) is 10.4 Å². The minimum Gasteiger partial charge on any atom is -0.494 e. The van der Waals surface area contributed by atoms with Gasteiger partial charge in [-0.3, -0.25) is 0 Å². The van der Waals surface area contributed by atoms with Gasteiger partial charge in [-0.15, -0.1) is 0 Å². The molecule has 0 heterocycles. The van der Waals surface area contributed by atoms with Gasteiger partial charge in [-0.1, -0.05) is 5.11 Å². The van der Waals surface area contributed by atoms with Crippen molar-refractivity contribution in [3.8, 4) is 5.75 Å². The SMILES string of the molecule is COc1cc(C(O)C(O)CCN=[N+]=[N-])cc(F)c1F. The average molecular weight is 273 g/mol. The first-order valence-corrected chi connectivity index (χ1v) is 5.41. The molecule has 104 valence electrons. The van der Waals surface area contributed by atoms with Crippen LogP contribution in [0.5, 0.6) is 5.75 Å². The minimum absolute atomic E-state index is 0.00740. The van der Waals surface area contributed by atoms with Gasteiger partial charge in [0.15, 0.2) is 11.6 Å². The molecular formula is C11H13F2N3O3. The van der Waals surface area contributed by atoms with Crippen molar-refractivity contribution in [2.24, 2.45) is 5.11 Å². The van der Waals surface area contributed by atoms with Crippen molar-refractivity contribution >= 4 is 0 Å². The Kier molecular flexibility index (Phi) is 5.50. The number of rotatable bonds is 6. The molecule has 0 saturated heterocycles. The molecule has 2 atom stereocenters. The van der Waals surface area contributed by atoms with Crippen LogP contribution in [0.4, 0.5) is 8.78 Å². The van der Waals surface area contributed by atoms with E-state index in [0.29, 0.717) is 0 Å². The van der Waals surface area contributed by atoms with Gasteiger partial charge < -0.3 is 14.9 Å². The van der Waals surface area contributed by atoms with Crippen molar-refractivity contribution < 1.29 is 23.7 Å². The third-order valence-electron chi connectivity index (χ3n) is 2.53. The van der Waals surface area contributed by atoms with E-state index in [0.717, 1.165) is 19.2 Å². The van der Waals surface area contributed by atoms with Gasteiger partial charge in [0.2, 0.25) is 5.82 Å². The molecule has 6 nitrogen and oxygen atoms in total. The third kappa shape index (κ3) is 3.78. The lowest BCUT2D eigenvalue weighted by atomic mass is 10.0. The first-order chi connectivity index (χ1) is 9.01. The summed E-state index contributed by atoms with van der Waals surface area (Å²) in [6.45, 7) is -0.0183. The fourth-order valence-corrected chi connectivity index (χ4v) is 1.52. The Bertz CT molecular complexity index is 492. The Balaban J connectivity index is 2.89. The second-order valence-electron chi connectivity index (χ2n) is 3.77. The van der Waals surface area contributed by atoms with Gasteiger partial charge >= 0.3 is 0 Å². The van der Waals surface area contributed by atoms with Gasteiger partial charge in [0.25, 0.3) is 0 Å². The summed E-state index contributed by atoms with van der Waals surface area (Å²) in [6.07, 6.45) is -2.70. The van der Waals surface area contributed by atoms with Crippen LogP contribution >= 0.6 is 0 Å². The van der Waals surface area contributed by atoms with Gasteiger partial charge in [-0.05, 0) is 29.6 Å². The molecule has 0 aliphatic rings. The maximum atomic E-state index is 13.2. The topological polar surface area (TPSA) is 98.5 Å². The third-order valence-corrected chi connectivity index (χ3v) is 2.53. The summed E-state index contributed by atoms with van der Waals surface area (Å²) in [4.78, 5) is 2.50. The van der Waals surface area contributed by atoms with E-state index in [-0.39, 0.29) is 24.3 Å². The highest BCUT2D eigenvalue weighted by Gasteiger charge is 2.21. The molecule has 0 saturated carbocycles. The van der Waals surface area contributed by atoms with E-state index in [1.807, 2.05) is 0 Å². The van der Waals surface area contributed by atoms with E-state index >= 15 is 0 Å². The van der Waals surface area contributed by atoms with Crippen LogP contribution in [-0.2, 0) is 0 Å². The molecule has 1 aromatic rings. The van der Waals surface area contributed by atoms with Crippen LogP contribution < -0.4 is 4.74 Å². The second-order valence-corrected chi connectivity index (χ2v) is 3.77. The van der Waals surface area contributed by atoms with Gasteiger partial charge in [-0.25, -0.2) is 4.39 Å². The highest BCUT2D eigenvalue weighted by molar-refractivity contribution is 5.33. The summed E-state index contributed by atoms with van der Waals surface area (Å²) in [5, 5.41) is 22.6. The van der Waals surface area contributed by atoms with Crippen LogP contribution in [0.15, 0.2) is 17.2 Å². The summed E-state index contributed by atoms with van der Waals surface area (Å²) in [7, 11) is 1.16. The Morgan fingerprint density at radius 2 is 2.11 bits per heavy atom. The number of aliphatic hydroxyl groups is 2. The van der Waals surface area contributed by atoms with Crippen LogP contribution in [0, 0.1) is 11.6 Å². The highest BCUT2D eigenvalue weighted by atomic mass is 19.2. The number of halogens is 2. The maximum Gasteiger partial charge on any atom is 0.200 e. The lowest BCUT2D eigenvalue weighted by molar-refractivity contribution is 0.0147. The molecular weight excluding hydrogens is 260 g/mol. The van der Waals surface area contributed by atoms with Gasteiger partial charge in [-0.2, -0.15) is 4.39 Å². The van der Waals surface area contributed by atoms with Crippen LogP contribution in [0.2, 0.25) is 0 Å². The fraction of sp³-hybridized carbons (Fsp3) is 0.455. The number of aliphatic hydroxyl groups excluding tert-OH is 2. The monoisotopic (exact) mass is 273 g/mol. The Labute approximate surface area is 107 Å². The molecule has 0 amide bonds. The molecule has 1 aromatic carbocycles. The van der Waals surface area contributed by atoms with E-state index in [4.69, 9.17) is 5.53 Å². The molecule has 2 unspecified atom stereocenters. The summed E-state index contributed by atoms with van der Waals surface area (Å²) < 4.78 is 31.1. The Morgan fingerprint density at radius 1 is 1.42 bits per heavy atom. The van der Waals surface area contributed by atoms with Crippen LogP contribution in [-0.4, -0.2) is 30.0 Å². The molecule has 19 heavy (non-hydrogen) atoms. The standard InChI is InChI=1S/C11H13F2N3O3/c1-19-9-5-6(4-7(12)10(9)13)11(18)8(17)2-3-15-16-14/h4-5,8,11,17-18H,2-3H2,1H3. The molecule has 0 radical (unpaired) electrons.